The molecule has 0 bridgehead atoms. The van der Waals surface area contributed by atoms with Gasteiger partial charge in [0.1, 0.15) is 11.6 Å². The molecule has 1 aromatic carbocycles. The van der Waals surface area contributed by atoms with Gasteiger partial charge in [0, 0.05) is 13.1 Å². The molecule has 1 fully saturated rings. The third-order valence-electron chi connectivity index (χ3n) is 4.81. The van der Waals surface area contributed by atoms with Crippen molar-refractivity contribution in [3.8, 4) is 11.4 Å². The number of anilines is 1. The van der Waals surface area contributed by atoms with Crippen molar-refractivity contribution in [2.75, 3.05) is 31.5 Å². The van der Waals surface area contributed by atoms with Crippen LogP contribution in [-0.2, 0) is 0 Å². The van der Waals surface area contributed by atoms with Crippen molar-refractivity contribution in [1.82, 2.24) is 24.7 Å². The third kappa shape index (κ3) is 4.06. The number of rotatable bonds is 6. The summed E-state index contributed by atoms with van der Waals surface area (Å²) in [5.41, 5.74) is 0.882. The number of hydrogen-bond acceptors (Lipinski definition) is 6. The van der Waals surface area contributed by atoms with Crippen LogP contribution >= 0.6 is 0 Å². The maximum Gasteiger partial charge on any atom is 0.188 e. The van der Waals surface area contributed by atoms with E-state index in [0.717, 1.165) is 13.1 Å². The Bertz CT molecular complexity index is 908. The number of aliphatic hydroxyl groups excluding tert-OH is 1. The van der Waals surface area contributed by atoms with Crippen molar-refractivity contribution in [3.63, 3.8) is 0 Å². The van der Waals surface area contributed by atoms with Gasteiger partial charge in [0.05, 0.1) is 11.7 Å². The SMILES string of the molecule is OC(CNc1ccc2nnc(-c3ccccc3F)n2n1)CN1CCCCC1. The Morgan fingerprint density at radius 3 is 2.70 bits per heavy atom. The highest BCUT2D eigenvalue weighted by atomic mass is 19.1. The molecule has 142 valence electrons. The van der Waals surface area contributed by atoms with Crippen LogP contribution in [0.5, 0.6) is 0 Å². The van der Waals surface area contributed by atoms with Crippen molar-refractivity contribution in [1.29, 1.82) is 0 Å². The Balaban J connectivity index is 1.46. The minimum atomic E-state index is -0.479. The Morgan fingerprint density at radius 1 is 1.07 bits per heavy atom. The number of aromatic nitrogens is 4. The minimum Gasteiger partial charge on any atom is -0.390 e. The molecule has 1 atom stereocenters. The monoisotopic (exact) mass is 370 g/mol. The number of benzene rings is 1. The summed E-state index contributed by atoms with van der Waals surface area (Å²) < 4.78 is 15.6. The van der Waals surface area contributed by atoms with E-state index in [0.29, 0.717) is 35.9 Å². The summed E-state index contributed by atoms with van der Waals surface area (Å²) in [4.78, 5) is 2.29. The Hall–Kier alpha value is -2.58. The summed E-state index contributed by atoms with van der Waals surface area (Å²) in [5, 5.41) is 26.0. The topological polar surface area (TPSA) is 78.6 Å². The predicted molar refractivity (Wildman–Crippen MR) is 101 cm³/mol. The third-order valence-corrected chi connectivity index (χ3v) is 4.81. The molecule has 0 saturated carbocycles. The fourth-order valence-electron chi connectivity index (χ4n) is 3.42. The van der Waals surface area contributed by atoms with Crippen LogP contribution in [0.25, 0.3) is 17.0 Å². The average molecular weight is 370 g/mol. The van der Waals surface area contributed by atoms with E-state index in [9.17, 15) is 9.50 Å². The molecule has 0 radical (unpaired) electrons. The number of β-amino-alcohol motifs (C(OH)–C–C–N with tert-alkyl or cyclic N) is 1. The maximum absolute atomic E-state index is 14.1. The van der Waals surface area contributed by atoms with Gasteiger partial charge in [0.2, 0.25) is 0 Å². The molecule has 1 aliphatic heterocycles. The first-order valence-electron chi connectivity index (χ1n) is 9.32. The van der Waals surface area contributed by atoms with Gasteiger partial charge in [-0.2, -0.15) is 4.52 Å². The summed E-state index contributed by atoms with van der Waals surface area (Å²) in [7, 11) is 0. The second-order valence-electron chi connectivity index (χ2n) is 6.89. The molecule has 3 heterocycles. The van der Waals surface area contributed by atoms with E-state index < -0.39 is 6.10 Å². The lowest BCUT2D eigenvalue weighted by atomic mass is 10.1. The van der Waals surface area contributed by atoms with Gasteiger partial charge in [-0.25, -0.2) is 4.39 Å². The van der Waals surface area contributed by atoms with E-state index in [1.54, 1.807) is 30.3 Å². The van der Waals surface area contributed by atoms with E-state index in [-0.39, 0.29) is 5.82 Å². The van der Waals surface area contributed by atoms with Crippen molar-refractivity contribution >= 4 is 11.5 Å². The summed E-state index contributed by atoms with van der Waals surface area (Å²) in [6, 6.07) is 9.96. The Labute approximate surface area is 156 Å². The van der Waals surface area contributed by atoms with Crippen molar-refractivity contribution < 1.29 is 9.50 Å². The molecule has 2 aromatic heterocycles. The summed E-state index contributed by atoms with van der Waals surface area (Å²) >= 11 is 0. The zero-order valence-electron chi connectivity index (χ0n) is 15.1. The minimum absolute atomic E-state index is 0.347. The lowest BCUT2D eigenvalue weighted by Crippen LogP contribution is -2.39. The molecule has 1 aliphatic rings. The molecule has 7 nitrogen and oxygen atoms in total. The molecule has 1 saturated heterocycles. The van der Waals surface area contributed by atoms with Crippen molar-refractivity contribution in [2.24, 2.45) is 0 Å². The number of piperidine rings is 1. The molecule has 1 unspecified atom stereocenters. The molecule has 3 aromatic rings. The van der Waals surface area contributed by atoms with E-state index in [2.05, 4.69) is 25.5 Å². The molecule has 0 amide bonds. The number of aliphatic hydroxyl groups is 1. The zero-order chi connectivity index (χ0) is 18.6. The molecule has 4 rings (SSSR count). The van der Waals surface area contributed by atoms with E-state index in [1.165, 1.54) is 29.8 Å². The zero-order valence-corrected chi connectivity index (χ0v) is 15.1. The van der Waals surface area contributed by atoms with Crippen LogP contribution in [0.1, 0.15) is 19.3 Å². The number of nitrogens with one attached hydrogen (secondary N) is 1. The lowest BCUT2D eigenvalue weighted by molar-refractivity contribution is 0.109. The van der Waals surface area contributed by atoms with Crippen molar-refractivity contribution in [3.05, 3.63) is 42.2 Å². The smallest absolute Gasteiger partial charge is 0.188 e. The van der Waals surface area contributed by atoms with Gasteiger partial charge in [-0.3, -0.25) is 0 Å². The van der Waals surface area contributed by atoms with Gasteiger partial charge in [-0.15, -0.1) is 15.3 Å². The molecule has 2 N–H and O–H groups in total. The fourth-order valence-corrected chi connectivity index (χ4v) is 3.42. The highest BCUT2D eigenvalue weighted by Crippen LogP contribution is 2.21. The highest BCUT2D eigenvalue weighted by Gasteiger charge is 2.16. The predicted octanol–water partition coefficient (Wildman–Crippen LogP) is 2.19. The van der Waals surface area contributed by atoms with Gasteiger partial charge in [0.15, 0.2) is 11.5 Å². The van der Waals surface area contributed by atoms with Crippen LogP contribution in [0.3, 0.4) is 0 Å². The summed E-state index contributed by atoms with van der Waals surface area (Å²) in [6.45, 7) is 3.15. The number of halogens is 1. The number of hydrogen-bond donors (Lipinski definition) is 2. The average Bonchev–Trinajstić information content (AvgIpc) is 3.11. The maximum atomic E-state index is 14.1. The van der Waals surface area contributed by atoms with Crippen LogP contribution in [0, 0.1) is 5.82 Å². The Morgan fingerprint density at radius 2 is 1.89 bits per heavy atom. The quantitative estimate of drug-likeness (QED) is 0.693. The van der Waals surface area contributed by atoms with Crippen LogP contribution in [0.15, 0.2) is 36.4 Å². The normalized spacial score (nSPS) is 16.5. The molecule has 0 spiro atoms. The second kappa shape index (κ2) is 7.98. The molecular weight excluding hydrogens is 347 g/mol. The van der Waals surface area contributed by atoms with Crippen LogP contribution in [-0.4, -0.2) is 62.1 Å². The first-order chi connectivity index (χ1) is 13.2. The molecule has 27 heavy (non-hydrogen) atoms. The van der Waals surface area contributed by atoms with Gasteiger partial charge in [0.25, 0.3) is 0 Å². The van der Waals surface area contributed by atoms with E-state index in [1.807, 2.05) is 0 Å². The number of fused-ring (bicyclic) bond motifs is 1. The summed E-state index contributed by atoms with van der Waals surface area (Å²) in [5.74, 6) is 0.558. The van der Waals surface area contributed by atoms with E-state index >= 15 is 0 Å². The van der Waals surface area contributed by atoms with Gasteiger partial charge < -0.3 is 15.3 Å². The Kier molecular flexibility index (Phi) is 5.26. The van der Waals surface area contributed by atoms with Gasteiger partial charge >= 0.3 is 0 Å². The first-order valence-corrected chi connectivity index (χ1v) is 9.32. The van der Waals surface area contributed by atoms with Crippen LogP contribution < -0.4 is 5.32 Å². The molecular formula is C19H23FN6O. The second-order valence-corrected chi connectivity index (χ2v) is 6.89. The largest absolute Gasteiger partial charge is 0.390 e. The molecule has 0 aliphatic carbocycles. The first kappa shape index (κ1) is 17.8. The van der Waals surface area contributed by atoms with Crippen LogP contribution in [0.4, 0.5) is 10.2 Å². The fraction of sp³-hybridized carbons (Fsp3) is 0.421. The number of likely N-dealkylation sites (tertiary alicyclic amines) is 1. The lowest BCUT2D eigenvalue weighted by Gasteiger charge is -2.28. The van der Waals surface area contributed by atoms with Crippen molar-refractivity contribution in [2.45, 2.75) is 25.4 Å². The standard InChI is InChI=1S/C19H23FN6O/c20-16-7-3-2-6-15(16)19-23-22-18-9-8-17(24-26(18)19)21-12-14(27)13-25-10-4-1-5-11-25/h2-3,6-9,14,27H,1,4-5,10-13H2,(H,21,24). The van der Waals surface area contributed by atoms with E-state index in [4.69, 9.17) is 0 Å². The van der Waals surface area contributed by atoms with Crippen LogP contribution in [0.2, 0.25) is 0 Å². The number of nitrogens with zero attached hydrogens (tertiary/aromatic N) is 5. The summed E-state index contributed by atoms with van der Waals surface area (Å²) in [6.07, 6.45) is 3.20. The van der Waals surface area contributed by atoms with Gasteiger partial charge in [-0.1, -0.05) is 18.6 Å². The van der Waals surface area contributed by atoms with Gasteiger partial charge in [-0.05, 0) is 50.2 Å². The molecule has 8 heteroatoms. The highest BCUT2D eigenvalue weighted by molar-refractivity contribution is 5.60.